The lowest BCUT2D eigenvalue weighted by molar-refractivity contribution is 0.312. The van der Waals surface area contributed by atoms with Crippen molar-refractivity contribution in [1.29, 1.82) is 0 Å². The molecule has 2 aliphatic rings. The molecule has 2 aromatic rings. The van der Waals surface area contributed by atoms with E-state index < -0.39 is 0 Å². The summed E-state index contributed by atoms with van der Waals surface area (Å²) in [6.07, 6.45) is 14.1. The van der Waals surface area contributed by atoms with Gasteiger partial charge in [-0.2, -0.15) is 0 Å². The van der Waals surface area contributed by atoms with Crippen molar-refractivity contribution in [2.45, 2.75) is 63.6 Å². The largest absolute Gasteiger partial charge is 0.352 e. The van der Waals surface area contributed by atoms with E-state index in [4.69, 9.17) is 12.2 Å². The zero-order valence-electron chi connectivity index (χ0n) is 15.5. The molecular weight excluding hydrogens is 340 g/mol. The molecule has 0 unspecified atom stereocenters. The molecule has 1 saturated heterocycles. The van der Waals surface area contributed by atoms with Crippen molar-refractivity contribution in [3.8, 4) is 0 Å². The van der Waals surface area contributed by atoms with Crippen LogP contribution in [0.3, 0.4) is 0 Å². The van der Waals surface area contributed by atoms with Crippen LogP contribution < -0.4 is 5.32 Å². The van der Waals surface area contributed by atoms with E-state index in [0.717, 1.165) is 23.8 Å². The highest BCUT2D eigenvalue weighted by atomic mass is 32.1. The highest BCUT2D eigenvalue weighted by Gasteiger charge is 2.39. The maximum absolute atomic E-state index is 5.70. The van der Waals surface area contributed by atoms with Crippen LogP contribution in [0.15, 0.2) is 42.9 Å². The molecule has 2 aromatic heterocycles. The Kier molecular flexibility index (Phi) is 5.25. The van der Waals surface area contributed by atoms with Gasteiger partial charge in [-0.15, -0.1) is 0 Å². The van der Waals surface area contributed by atoms with E-state index in [1.807, 2.05) is 12.3 Å². The number of nitrogens with zero attached hydrogens (tertiary/aromatic N) is 3. The maximum Gasteiger partial charge on any atom is 0.170 e. The Morgan fingerprint density at radius 2 is 2.08 bits per heavy atom. The minimum atomic E-state index is 0.111. The molecule has 1 saturated carbocycles. The maximum atomic E-state index is 5.70. The second-order valence-corrected chi connectivity index (χ2v) is 7.89. The lowest BCUT2D eigenvalue weighted by atomic mass is 9.99. The lowest BCUT2D eigenvalue weighted by Gasteiger charge is -2.27. The van der Waals surface area contributed by atoms with Gasteiger partial charge in [0, 0.05) is 31.2 Å². The third-order valence-corrected chi connectivity index (χ3v) is 6.13. The fourth-order valence-electron chi connectivity index (χ4n) is 4.37. The van der Waals surface area contributed by atoms with E-state index in [1.54, 1.807) is 0 Å². The molecule has 0 spiro atoms. The Morgan fingerprint density at radius 3 is 2.81 bits per heavy atom. The standard InChI is InChI=1S/C21H28N4S/c1-2-3-13-25-20(16-11-14-24(15-16)17-8-4-5-9-17)19(23-21(25)26)18-10-6-7-12-22-18/h6-7,10-12,14-15,17,19-20H,2-5,8-9,13H2,1H3,(H,23,26)/t19-,20+/m1/s1. The number of hydrogen-bond donors (Lipinski definition) is 1. The molecule has 1 aliphatic heterocycles. The van der Waals surface area contributed by atoms with E-state index in [-0.39, 0.29) is 12.1 Å². The molecule has 0 bridgehead atoms. The second-order valence-electron chi connectivity index (χ2n) is 7.50. The average molecular weight is 369 g/mol. The highest BCUT2D eigenvalue weighted by molar-refractivity contribution is 7.80. The van der Waals surface area contributed by atoms with E-state index >= 15 is 0 Å². The number of unbranched alkanes of at least 4 members (excludes halogenated alkanes) is 1. The molecule has 5 heteroatoms. The van der Waals surface area contributed by atoms with Crippen molar-refractivity contribution < 1.29 is 0 Å². The SMILES string of the molecule is CCCCN1C(=S)N[C@H](c2ccccn2)[C@@H]1c1ccn(C2CCCC2)c1. The molecule has 1 aliphatic carbocycles. The van der Waals surface area contributed by atoms with Crippen LogP contribution in [0.1, 0.15) is 74.8 Å². The van der Waals surface area contributed by atoms with Gasteiger partial charge in [0.15, 0.2) is 5.11 Å². The topological polar surface area (TPSA) is 33.1 Å². The molecule has 0 amide bonds. The van der Waals surface area contributed by atoms with Gasteiger partial charge in [0.1, 0.15) is 0 Å². The molecule has 4 rings (SSSR count). The smallest absolute Gasteiger partial charge is 0.170 e. The fourth-order valence-corrected chi connectivity index (χ4v) is 4.70. The van der Waals surface area contributed by atoms with Crippen LogP contribution in [0.2, 0.25) is 0 Å². The van der Waals surface area contributed by atoms with Gasteiger partial charge in [-0.25, -0.2) is 0 Å². The van der Waals surface area contributed by atoms with Crippen molar-refractivity contribution in [2.24, 2.45) is 0 Å². The van der Waals surface area contributed by atoms with Crippen LogP contribution in [-0.4, -0.2) is 26.1 Å². The summed E-state index contributed by atoms with van der Waals surface area (Å²) in [5, 5.41) is 4.40. The van der Waals surface area contributed by atoms with E-state index in [0.29, 0.717) is 6.04 Å². The molecule has 0 aromatic carbocycles. The number of rotatable bonds is 6. The third-order valence-electron chi connectivity index (χ3n) is 5.78. The normalized spacial score (nSPS) is 23.6. The predicted octanol–water partition coefficient (Wildman–Crippen LogP) is 4.77. The number of nitrogens with one attached hydrogen (secondary N) is 1. The van der Waals surface area contributed by atoms with Crippen LogP contribution >= 0.6 is 12.2 Å². The summed E-state index contributed by atoms with van der Waals surface area (Å²) in [4.78, 5) is 6.98. The lowest BCUT2D eigenvalue weighted by Crippen LogP contribution is -2.30. The Balaban J connectivity index is 1.66. The molecule has 138 valence electrons. The highest BCUT2D eigenvalue weighted by Crippen LogP contribution is 2.40. The molecule has 1 N–H and O–H groups in total. The number of pyridine rings is 1. The first-order valence-electron chi connectivity index (χ1n) is 9.93. The summed E-state index contributed by atoms with van der Waals surface area (Å²) >= 11 is 5.70. The number of thiocarbonyl (C=S) groups is 1. The summed E-state index contributed by atoms with van der Waals surface area (Å²) in [6.45, 7) is 3.22. The van der Waals surface area contributed by atoms with Gasteiger partial charge < -0.3 is 14.8 Å². The molecular formula is C21H28N4S. The van der Waals surface area contributed by atoms with E-state index in [2.05, 4.69) is 57.3 Å². The first-order chi connectivity index (χ1) is 12.8. The molecule has 26 heavy (non-hydrogen) atoms. The summed E-state index contributed by atoms with van der Waals surface area (Å²) in [5.74, 6) is 0. The Hall–Kier alpha value is -1.88. The van der Waals surface area contributed by atoms with Crippen molar-refractivity contribution >= 4 is 17.3 Å². The molecule has 4 nitrogen and oxygen atoms in total. The number of hydrogen-bond acceptors (Lipinski definition) is 2. The third kappa shape index (κ3) is 3.37. The van der Waals surface area contributed by atoms with Gasteiger partial charge in [0.2, 0.25) is 0 Å². The first-order valence-corrected chi connectivity index (χ1v) is 10.3. The van der Waals surface area contributed by atoms with Crippen molar-refractivity contribution in [3.63, 3.8) is 0 Å². The quantitative estimate of drug-likeness (QED) is 0.745. The minimum absolute atomic E-state index is 0.111. The van der Waals surface area contributed by atoms with Crippen LogP contribution in [0, 0.1) is 0 Å². The van der Waals surface area contributed by atoms with Crippen molar-refractivity contribution in [1.82, 2.24) is 19.8 Å². The van der Waals surface area contributed by atoms with Crippen molar-refractivity contribution in [2.75, 3.05) is 6.54 Å². The van der Waals surface area contributed by atoms with E-state index in [9.17, 15) is 0 Å². The van der Waals surface area contributed by atoms with Crippen LogP contribution in [0.4, 0.5) is 0 Å². The second kappa shape index (κ2) is 7.78. The van der Waals surface area contributed by atoms with Gasteiger partial charge in [-0.1, -0.05) is 32.3 Å². The fraction of sp³-hybridized carbons (Fsp3) is 0.524. The van der Waals surface area contributed by atoms with Crippen LogP contribution in [0.25, 0.3) is 0 Å². The van der Waals surface area contributed by atoms with Gasteiger partial charge in [0.05, 0.1) is 17.8 Å². The molecule has 0 radical (unpaired) electrons. The summed E-state index contributed by atoms with van der Waals surface area (Å²) in [6, 6.07) is 9.41. The van der Waals surface area contributed by atoms with Gasteiger partial charge in [-0.3, -0.25) is 4.98 Å². The Bertz CT molecular complexity index is 735. The zero-order chi connectivity index (χ0) is 17.9. The van der Waals surface area contributed by atoms with Crippen LogP contribution in [0.5, 0.6) is 0 Å². The first kappa shape index (κ1) is 17.5. The molecule has 2 fully saturated rings. The predicted molar refractivity (Wildman–Crippen MR) is 109 cm³/mol. The summed E-state index contributed by atoms with van der Waals surface area (Å²) in [7, 11) is 0. The van der Waals surface area contributed by atoms with Crippen molar-refractivity contribution in [3.05, 3.63) is 54.1 Å². The minimum Gasteiger partial charge on any atom is -0.352 e. The van der Waals surface area contributed by atoms with Crippen LogP contribution in [-0.2, 0) is 0 Å². The van der Waals surface area contributed by atoms with Gasteiger partial charge in [0.25, 0.3) is 0 Å². The Morgan fingerprint density at radius 1 is 1.23 bits per heavy atom. The van der Waals surface area contributed by atoms with Gasteiger partial charge in [-0.05, 0) is 55.2 Å². The zero-order valence-corrected chi connectivity index (χ0v) is 16.3. The summed E-state index contributed by atoms with van der Waals surface area (Å²) in [5.41, 5.74) is 2.41. The average Bonchev–Trinajstić information content (AvgIpc) is 3.40. The van der Waals surface area contributed by atoms with Gasteiger partial charge >= 0.3 is 0 Å². The Labute approximate surface area is 161 Å². The number of aromatic nitrogens is 2. The van der Waals surface area contributed by atoms with E-state index in [1.165, 1.54) is 37.7 Å². The monoisotopic (exact) mass is 368 g/mol. The molecule has 3 heterocycles. The summed E-state index contributed by atoms with van der Waals surface area (Å²) < 4.78 is 2.43. The molecule has 2 atom stereocenters.